The average molecular weight is 407 g/mol. The Morgan fingerprint density at radius 2 is 1.62 bits per heavy atom. The van der Waals surface area contributed by atoms with Gasteiger partial charge in [-0.15, -0.1) is 0 Å². The lowest BCUT2D eigenvalue weighted by atomic mass is 9.97. The molecule has 29 heavy (non-hydrogen) atoms. The van der Waals surface area contributed by atoms with Crippen molar-refractivity contribution in [2.75, 3.05) is 12.1 Å². The Bertz CT molecular complexity index is 1140. The minimum Gasteiger partial charge on any atom is -0.496 e. The Labute approximate surface area is 170 Å². The van der Waals surface area contributed by atoms with Crippen LogP contribution in [0.3, 0.4) is 0 Å². The number of nitrogens with two attached hydrogens (primary N) is 1. The molecule has 0 bridgehead atoms. The Morgan fingerprint density at radius 3 is 2.28 bits per heavy atom. The summed E-state index contributed by atoms with van der Waals surface area (Å²) in [5, 5.41) is 12.0. The van der Waals surface area contributed by atoms with Gasteiger partial charge < -0.3 is 4.74 Å². The third kappa shape index (κ3) is 3.87. The predicted molar refractivity (Wildman–Crippen MR) is 114 cm³/mol. The molecule has 2 N–H and O–H groups in total. The second kappa shape index (κ2) is 7.69. The van der Waals surface area contributed by atoms with Crippen molar-refractivity contribution >= 4 is 21.4 Å². The number of ether oxygens (including phenoxy) is 1. The molecule has 7 heteroatoms. The third-order valence-electron chi connectivity index (χ3n) is 4.95. The van der Waals surface area contributed by atoms with E-state index in [1.165, 1.54) is 12.1 Å². The number of benzene rings is 3. The van der Waals surface area contributed by atoms with Crippen LogP contribution in [0, 0.1) is 0 Å². The lowest BCUT2D eigenvalue weighted by Gasteiger charge is -2.25. The van der Waals surface area contributed by atoms with E-state index in [1.54, 1.807) is 19.2 Å². The van der Waals surface area contributed by atoms with Crippen LogP contribution in [0.15, 0.2) is 88.9 Å². The molecular weight excluding hydrogens is 386 g/mol. The maximum atomic E-state index is 11.6. The van der Waals surface area contributed by atoms with Gasteiger partial charge in [0.05, 0.1) is 29.4 Å². The molecule has 1 heterocycles. The van der Waals surface area contributed by atoms with Crippen molar-refractivity contribution in [1.29, 1.82) is 0 Å². The van der Waals surface area contributed by atoms with Gasteiger partial charge in [0.2, 0.25) is 10.0 Å². The highest BCUT2D eigenvalue weighted by molar-refractivity contribution is 7.89. The largest absolute Gasteiger partial charge is 0.496 e. The highest BCUT2D eigenvalue weighted by Gasteiger charge is 2.31. The number of primary sulfonamides is 1. The molecule has 3 aromatic rings. The molecule has 1 aliphatic heterocycles. The summed E-state index contributed by atoms with van der Waals surface area (Å²) in [6.07, 6.45) is 0.696. The van der Waals surface area contributed by atoms with Crippen LogP contribution in [0.1, 0.15) is 23.6 Å². The van der Waals surface area contributed by atoms with Gasteiger partial charge in [0, 0.05) is 12.0 Å². The average Bonchev–Trinajstić information content (AvgIpc) is 3.19. The topological polar surface area (TPSA) is 85.0 Å². The lowest BCUT2D eigenvalue weighted by Crippen LogP contribution is -2.19. The summed E-state index contributed by atoms with van der Waals surface area (Å²) in [5.74, 6) is 0.785. The molecule has 3 aromatic carbocycles. The normalized spacial score (nSPS) is 16.6. The molecule has 1 unspecified atom stereocenters. The van der Waals surface area contributed by atoms with Crippen molar-refractivity contribution < 1.29 is 13.2 Å². The van der Waals surface area contributed by atoms with E-state index in [0.717, 1.165) is 28.3 Å². The molecule has 1 atom stereocenters. The minimum absolute atomic E-state index is 0.0709. The lowest BCUT2D eigenvalue weighted by molar-refractivity contribution is 0.405. The van der Waals surface area contributed by atoms with Gasteiger partial charge in [0.25, 0.3) is 0 Å². The van der Waals surface area contributed by atoms with E-state index in [0.29, 0.717) is 6.42 Å². The molecule has 0 saturated heterocycles. The van der Waals surface area contributed by atoms with E-state index in [9.17, 15) is 8.42 Å². The van der Waals surface area contributed by atoms with Crippen LogP contribution in [0.25, 0.3) is 0 Å². The summed E-state index contributed by atoms with van der Waals surface area (Å²) in [4.78, 5) is 0.0709. The van der Waals surface area contributed by atoms with Crippen molar-refractivity contribution in [3.63, 3.8) is 0 Å². The summed E-state index contributed by atoms with van der Waals surface area (Å²) in [5.41, 5.74) is 3.80. The van der Waals surface area contributed by atoms with Gasteiger partial charge in [-0.1, -0.05) is 48.5 Å². The second-order valence-corrected chi connectivity index (χ2v) is 8.32. The molecular formula is C22H21N3O3S. The number of nitrogens with zero attached hydrogens (tertiary/aromatic N) is 2. The molecule has 0 aliphatic carbocycles. The highest BCUT2D eigenvalue weighted by atomic mass is 32.2. The highest BCUT2D eigenvalue weighted by Crippen LogP contribution is 2.40. The first-order chi connectivity index (χ1) is 14.0. The number of hydrazone groups is 1. The van der Waals surface area contributed by atoms with Crippen LogP contribution in [-0.4, -0.2) is 21.2 Å². The van der Waals surface area contributed by atoms with Gasteiger partial charge in [-0.25, -0.2) is 13.6 Å². The van der Waals surface area contributed by atoms with Crippen LogP contribution in [0.5, 0.6) is 5.75 Å². The van der Waals surface area contributed by atoms with Crippen molar-refractivity contribution in [1.82, 2.24) is 0 Å². The number of anilines is 1. The molecule has 0 saturated carbocycles. The number of para-hydroxylation sites is 1. The zero-order chi connectivity index (χ0) is 20.4. The van der Waals surface area contributed by atoms with Gasteiger partial charge in [-0.2, -0.15) is 5.10 Å². The third-order valence-corrected chi connectivity index (χ3v) is 5.87. The molecule has 0 spiro atoms. The zero-order valence-corrected chi connectivity index (χ0v) is 16.7. The fourth-order valence-electron chi connectivity index (χ4n) is 3.53. The monoisotopic (exact) mass is 407 g/mol. The summed E-state index contributed by atoms with van der Waals surface area (Å²) in [6.45, 7) is 0. The van der Waals surface area contributed by atoms with Crippen molar-refractivity contribution in [3.8, 4) is 5.75 Å². The fraction of sp³-hybridized carbons (Fsp3) is 0.136. The summed E-state index contributed by atoms with van der Waals surface area (Å²) < 4.78 is 28.8. The Hall–Kier alpha value is -3.16. The van der Waals surface area contributed by atoms with Gasteiger partial charge in [0.15, 0.2) is 0 Å². The number of hydrogen-bond acceptors (Lipinski definition) is 5. The SMILES string of the molecule is COc1ccccc1C1CC(c2ccccc2)=NN1c1ccc(S(N)(=O)=O)cc1. The van der Waals surface area contributed by atoms with Gasteiger partial charge in [-0.05, 0) is 35.9 Å². The molecule has 4 rings (SSSR count). The molecule has 6 nitrogen and oxygen atoms in total. The van der Waals surface area contributed by atoms with E-state index in [1.807, 2.05) is 59.6 Å². The fourth-order valence-corrected chi connectivity index (χ4v) is 4.04. The Kier molecular flexibility index (Phi) is 5.08. The molecule has 0 fully saturated rings. The van der Waals surface area contributed by atoms with Crippen molar-refractivity contribution in [2.45, 2.75) is 17.4 Å². The summed E-state index contributed by atoms with van der Waals surface area (Å²) >= 11 is 0. The molecule has 0 radical (unpaired) electrons. The van der Waals surface area contributed by atoms with Crippen LogP contribution < -0.4 is 14.9 Å². The first kappa shape index (κ1) is 19.2. The van der Waals surface area contributed by atoms with Crippen molar-refractivity contribution in [3.05, 3.63) is 90.0 Å². The minimum atomic E-state index is -3.75. The van der Waals surface area contributed by atoms with Gasteiger partial charge in [-0.3, -0.25) is 5.01 Å². The van der Waals surface area contributed by atoms with Crippen LogP contribution in [0.4, 0.5) is 5.69 Å². The van der Waals surface area contributed by atoms with Crippen LogP contribution >= 0.6 is 0 Å². The van der Waals surface area contributed by atoms with E-state index in [-0.39, 0.29) is 10.9 Å². The smallest absolute Gasteiger partial charge is 0.238 e. The van der Waals surface area contributed by atoms with Crippen molar-refractivity contribution in [2.24, 2.45) is 10.2 Å². The summed E-state index contributed by atoms with van der Waals surface area (Å²) in [6, 6.07) is 24.2. The van der Waals surface area contributed by atoms with Crippen LogP contribution in [-0.2, 0) is 10.0 Å². The Balaban J connectivity index is 1.78. The molecule has 148 valence electrons. The van der Waals surface area contributed by atoms with Gasteiger partial charge >= 0.3 is 0 Å². The standard InChI is InChI=1S/C22H21N3O3S/c1-28-22-10-6-5-9-19(22)21-15-20(16-7-3-2-4-8-16)24-25(21)17-11-13-18(14-12-17)29(23,26)27/h2-14,21H,15H2,1H3,(H2,23,26,27). The van der Waals surface area contributed by atoms with Crippen LogP contribution in [0.2, 0.25) is 0 Å². The maximum Gasteiger partial charge on any atom is 0.238 e. The zero-order valence-electron chi connectivity index (χ0n) is 15.9. The first-order valence-corrected chi connectivity index (χ1v) is 10.7. The maximum absolute atomic E-state index is 11.6. The van der Waals surface area contributed by atoms with E-state index in [4.69, 9.17) is 15.0 Å². The Morgan fingerprint density at radius 1 is 0.966 bits per heavy atom. The second-order valence-electron chi connectivity index (χ2n) is 6.76. The molecule has 0 amide bonds. The van der Waals surface area contributed by atoms with Gasteiger partial charge in [0.1, 0.15) is 5.75 Å². The first-order valence-electron chi connectivity index (χ1n) is 9.15. The number of sulfonamides is 1. The number of rotatable bonds is 5. The van der Waals surface area contributed by atoms with E-state index >= 15 is 0 Å². The predicted octanol–water partition coefficient (Wildman–Crippen LogP) is 3.70. The van der Waals surface area contributed by atoms with E-state index in [2.05, 4.69) is 0 Å². The molecule has 1 aliphatic rings. The number of methoxy groups -OCH3 is 1. The quantitative estimate of drug-likeness (QED) is 0.699. The number of hydrogen-bond donors (Lipinski definition) is 1. The molecule has 0 aromatic heterocycles. The summed E-state index contributed by atoms with van der Waals surface area (Å²) in [7, 11) is -2.10. The van der Waals surface area contributed by atoms with E-state index < -0.39 is 10.0 Å².